The Morgan fingerprint density at radius 3 is 2.66 bits per heavy atom. The quantitative estimate of drug-likeness (QED) is 0.496. The van der Waals surface area contributed by atoms with Crippen LogP contribution in [-0.4, -0.2) is 62.6 Å². The van der Waals surface area contributed by atoms with Crippen molar-refractivity contribution in [1.82, 2.24) is 20.9 Å². The van der Waals surface area contributed by atoms with Gasteiger partial charge < -0.3 is 16.0 Å². The van der Waals surface area contributed by atoms with Crippen molar-refractivity contribution < 1.29 is 4.79 Å². The van der Waals surface area contributed by atoms with E-state index in [0.29, 0.717) is 12.6 Å². The lowest BCUT2D eigenvalue weighted by Gasteiger charge is -2.32. The maximum Gasteiger partial charge on any atom is 0.233 e. The Kier molecular flexibility index (Phi) is 7.87. The van der Waals surface area contributed by atoms with Crippen molar-refractivity contribution in [3.8, 4) is 0 Å². The number of amides is 1. The molecule has 0 radical (unpaired) electrons. The van der Waals surface area contributed by atoms with E-state index >= 15 is 0 Å². The number of guanidine groups is 1. The Labute approximate surface area is 173 Å². The third-order valence-electron chi connectivity index (χ3n) is 5.45. The molecule has 1 fully saturated rings. The number of hydrogen-bond donors (Lipinski definition) is 3. The van der Waals surface area contributed by atoms with E-state index in [1.807, 2.05) is 0 Å². The standard InChI is InChI=1S/C23H33N5O/c1-3-25-23(27-20-12-15-28(16-13-20)17-22(29)24-2)26-14-11-19-9-6-8-18-7-4-5-10-21(18)19/h4-10,20H,3,11-17H2,1-2H3,(H,24,29)(H2,25,26,27). The molecule has 0 saturated carbocycles. The van der Waals surface area contributed by atoms with Gasteiger partial charge in [-0.1, -0.05) is 42.5 Å². The minimum absolute atomic E-state index is 0.0831. The molecular formula is C23H33N5O. The lowest BCUT2D eigenvalue weighted by Crippen LogP contribution is -2.50. The average molecular weight is 396 g/mol. The predicted molar refractivity (Wildman–Crippen MR) is 120 cm³/mol. The topological polar surface area (TPSA) is 68.8 Å². The first-order chi connectivity index (χ1) is 14.2. The summed E-state index contributed by atoms with van der Waals surface area (Å²) < 4.78 is 0. The molecule has 1 aliphatic rings. The minimum atomic E-state index is 0.0831. The van der Waals surface area contributed by atoms with Gasteiger partial charge in [-0.15, -0.1) is 0 Å². The van der Waals surface area contributed by atoms with Crippen LogP contribution < -0.4 is 16.0 Å². The molecule has 0 unspecified atom stereocenters. The molecule has 0 aromatic heterocycles. The van der Waals surface area contributed by atoms with Crippen LogP contribution in [0.15, 0.2) is 47.5 Å². The number of piperidine rings is 1. The van der Waals surface area contributed by atoms with Crippen LogP contribution in [0.5, 0.6) is 0 Å². The number of aliphatic imine (C=N–C) groups is 1. The largest absolute Gasteiger partial charge is 0.358 e. The number of hydrogen-bond acceptors (Lipinski definition) is 3. The van der Waals surface area contributed by atoms with Gasteiger partial charge in [0, 0.05) is 39.3 Å². The zero-order chi connectivity index (χ0) is 20.5. The summed E-state index contributed by atoms with van der Waals surface area (Å²) in [5.74, 6) is 0.970. The minimum Gasteiger partial charge on any atom is -0.358 e. The fourth-order valence-electron chi connectivity index (χ4n) is 3.83. The Hall–Kier alpha value is -2.60. The summed E-state index contributed by atoms with van der Waals surface area (Å²) in [6.07, 6.45) is 2.96. The van der Waals surface area contributed by atoms with Gasteiger partial charge in [0.2, 0.25) is 5.91 Å². The second-order valence-corrected chi connectivity index (χ2v) is 7.52. The van der Waals surface area contributed by atoms with Gasteiger partial charge in [-0.05, 0) is 42.5 Å². The molecule has 0 aliphatic carbocycles. The third-order valence-corrected chi connectivity index (χ3v) is 5.45. The number of carbonyl (C=O) groups is 1. The number of benzene rings is 2. The average Bonchev–Trinajstić information content (AvgIpc) is 2.75. The number of fused-ring (bicyclic) bond motifs is 1. The molecule has 3 N–H and O–H groups in total. The molecule has 2 aromatic rings. The van der Waals surface area contributed by atoms with E-state index in [4.69, 9.17) is 4.99 Å². The van der Waals surface area contributed by atoms with Crippen molar-refractivity contribution in [2.24, 2.45) is 4.99 Å². The number of likely N-dealkylation sites (N-methyl/N-ethyl adjacent to an activating group) is 1. The summed E-state index contributed by atoms with van der Waals surface area (Å²) in [6.45, 7) is 6.03. The van der Waals surface area contributed by atoms with Crippen molar-refractivity contribution in [3.05, 3.63) is 48.0 Å². The first-order valence-electron chi connectivity index (χ1n) is 10.6. The highest BCUT2D eigenvalue weighted by atomic mass is 16.1. The molecule has 0 spiro atoms. The summed E-state index contributed by atoms with van der Waals surface area (Å²) in [7, 11) is 1.69. The molecule has 0 atom stereocenters. The molecule has 1 amide bonds. The highest BCUT2D eigenvalue weighted by Gasteiger charge is 2.21. The van der Waals surface area contributed by atoms with Gasteiger partial charge in [0.05, 0.1) is 6.54 Å². The molecule has 3 rings (SSSR count). The smallest absolute Gasteiger partial charge is 0.233 e. The van der Waals surface area contributed by atoms with Crippen molar-refractivity contribution in [2.45, 2.75) is 32.2 Å². The van der Waals surface area contributed by atoms with Crippen LogP contribution in [0.1, 0.15) is 25.3 Å². The normalized spacial score (nSPS) is 16.0. The van der Waals surface area contributed by atoms with Crippen molar-refractivity contribution in [3.63, 3.8) is 0 Å². The first kappa shape index (κ1) is 21.1. The highest BCUT2D eigenvalue weighted by Crippen LogP contribution is 2.18. The van der Waals surface area contributed by atoms with E-state index in [0.717, 1.165) is 51.4 Å². The van der Waals surface area contributed by atoms with E-state index in [9.17, 15) is 4.79 Å². The van der Waals surface area contributed by atoms with Gasteiger partial charge in [-0.25, -0.2) is 0 Å². The molecule has 0 bridgehead atoms. The van der Waals surface area contributed by atoms with Crippen molar-refractivity contribution >= 4 is 22.6 Å². The van der Waals surface area contributed by atoms with Gasteiger partial charge in [0.15, 0.2) is 5.96 Å². The number of rotatable bonds is 7. The summed E-state index contributed by atoms with van der Waals surface area (Å²) in [5, 5.41) is 12.2. The van der Waals surface area contributed by atoms with Gasteiger partial charge in [0.25, 0.3) is 0 Å². The van der Waals surface area contributed by atoms with Crippen LogP contribution in [0.4, 0.5) is 0 Å². The molecule has 29 heavy (non-hydrogen) atoms. The Balaban J connectivity index is 1.53. The molecular weight excluding hydrogens is 362 g/mol. The summed E-state index contributed by atoms with van der Waals surface area (Å²) in [6, 6.07) is 15.4. The zero-order valence-electron chi connectivity index (χ0n) is 17.6. The Morgan fingerprint density at radius 1 is 1.14 bits per heavy atom. The Bertz CT molecular complexity index is 822. The number of nitrogens with one attached hydrogen (secondary N) is 3. The number of likely N-dealkylation sites (tertiary alicyclic amines) is 1. The molecule has 6 nitrogen and oxygen atoms in total. The molecule has 6 heteroatoms. The number of nitrogens with zero attached hydrogens (tertiary/aromatic N) is 2. The lowest BCUT2D eigenvalue weighted by molar-refractivity contribution is -0.122. The van der Waals surface area contributed by atoms with Crippen molar-refractivity contribution in [1.29, 1.82) is 0 Å². The van der Waals surface area contributed by atoms with E-state index < -0.39 is 0 Å². The van der Waals surface area contributed by atoms with Gasteiger partial charge in [-0.2, -0.15) is 0 Å². The van der Waals surface area contributed by atoms with Gasteiger partial charge in [-0.3, -0.25) is 14.7 Å². The lowest BCUT2D eigenvalue weighted by atomic mass is 10.0. The van der Waals surface area contributed by atoms with Gasteiger partial charge >= 0.3 is 0 Å². The van der Waals surface area contributed by atoms with E-state index in [2.05, 4.69) is 70.2 Å². The fourth-order valence-corrected chi connectivity index (χ4v) is 3.83. The highest BCUT2D eigenvalue weighted by molar-refractivity contribution is 5.85. The molecule has 2 aromatic carbocycles. The first-order valence-corrected chi connectivity index (χ1v) is 10.6. The summed E-state index contributed by atoms with van der Waals surface area (Å²) in [4.78, 5) is 18.6. The van der Waals surface area contributed by atoms with E-state index in [1.165, 1.54) is 16.3 Å². The predicted octanol–water partition coefficient (Wildman–Crippen LogP) is 2.15. The van der Waals surface area contributed by atoms with Crippen LogP contribution in [-0.2, 0) is 11.2 Å². The molecule has 1 saturated heterocycles. The summed E-state index contributed by atoms with van der Waals surface area (Å²) in [5.41, 5.74) is 1.34. The molecule has 1 aliphatic heterocycles. The maximum absolute atomic E-state index is 11.5. The van der Waals surface area contributed by atoms with Crippen LogP contribution >= 0.6 is 0 Å². The maximum atomic E-state index is 11.5. The summed E-state index contributed by atoms with van der Waals surface area (Å²) >= 11 is 0. The van der Waals surface area contributed by atoms with E-state index in [-0.39, 0.29) is 5.91 Å². The molecule has 156 valence electrons. The van der Waals surface area contributed by atoms with Crippen LogP contribution in [0, 0.1) is 0 Å². The SMILES string of the molecule is CCNC(=NCCc1cccc2ccccc12)NC1CCN(CC(=O)NC)CC1. The monoisotopic (exact) mass is 395 g/mol. The van der Waals surface area contributed by atoms with Crippen LogP contribution in [0.25, 0.3) is 10.8 Å². The molecule has 1 heterocycles. The van der Waals surface area contributed by atoms with Crippen LogP contribution in [0.3, 0.4) is 0 Å². The zero-order valence-corrected chi connectivity index (χ0v) is 17.6. The second kappa shape index (κ2) is 10.8. The second-order valence-electron chi connectivity index (χ2n) is 7.52. The van der Waals surface area contributed by atoms with Gasteiger partial charge in [0.1, 0.15) is 0 Å². The van der Waals surface area contributed by atoms with Crippen LogP contribution in [0.2, 0.25) is 0 Å². The van der Waals surface area contributed by atoms with E-state index in [1.54, 1.807) is 7.05 Å². The Morgan fingerprint density at radius 2 is 1.90 bits per heavy atom. The third kappa shape index (κ3) is 6.19. The van der Waals surface area contributed by atoms with Crippen molar-refractivity contribution in [2.75, 3.05) is 39.8 Å². The fraction of sp³-hybridized carbons (Fsp3) is 0.478. The number of carbonyl (C=O) groups excluding carboxylic acids is 1.